The molecule has 8 rings (SSSR count). The van der Waals surface area contributed by atoms with Crippen LogP contribution < -0.4 is 9.80 Å². The maximum Gasteiger partial charge on any atom is 0.359 e. The smallest absolute Gasteiger partial charge is 0.359 e. The standard InChI is InChI=1S/C46H54Cl2F2N8O6/c1-4-63-45(61)43-33-24-31(49)8-10-38(33)57(51-43)26-42(60)56-19-15-54(16-20-56)40-23-30(22-36(48)29(40)3)12-21-64-46(62)44-34-25-32(50)9-11-39(34)58(52-44)27-41(59)55-17-13-53(14-18-55)37-7-5-6-35(47)28(37)2/h5-7,22-23,31-32H,4,8-21,24-27H2,1-3H3. The average Bonchev–Trinajstić information content (AvgIpc) is 3.82. The van der Waals surface area contributed by atoms with Crippen molar-refractivity contribution in [2.75, 3.05) is 75.4 Å². The van der Waals surface area contributed by atoms with E-state index in [2.05, 4.69) is 20.0 Å². The third kappa shape index (κ3) is 9.58. The van der Waals surface area contributed by atoms with Gasteiger partial charge in [0, 0.05) is 116 Å². The van der Waals surface area contributed by atoms with Crippen LogP contribution in [0, 0.1) is 13.8 Å². The number of hydrogen-bond acceptors (Lipinski definition) is 10. The third-order valence-electron chi connectivity index (χ3n) is 13.0. The summed E-state index contributed by atoms with van der Waals surface area (Å²) in [5, 5.41) is 10.2. The normalized spacial score (nSPS) is 18.7. The van der Waals surface area contributed by atoms with Gasteiger partial charge < -0.3 is 29.1 Å². The van der Waals surface area contributed by atoms with E-state index in [4.69, 9.17) is 32.7 Å². The minimum absolute atomic E-state index is 0.0247. The fraction of sp³-hybridized carbons (Fsp3) is 0.522. The molecule has 4 heterocycles. The molecule has 2 aliphatic carbocycles. The average molecular weight is 924 g/mol. The van der Waals surface area contributed by atoms with Gasteiger partial charge in [-0.05, 0) is 87.4 Å². The summed E-state index contributed by atoms with van der Waals surface area (Å²) in [6.07, 6.45) is -0.386. The zero-order valence-electron chi connectivity index (χ0n) is 36.5. The van der Waals surface area contributed by atoms with Crippen LogP contribution in [0.5, 0.6) is 0 Å². The number of halogens is 4. The Bertz CT molecular complexity index is 2430. The largest absolute Gasteiger partial charge is 0.461 e. The molecule has 0 spiro atoms. The first-order valence-electron chi connectivity index (χ1n) is 22.2. The van der Waals surface area contributed by atoms with Crippen molar-refractivity contribution in [3.8, 4) is 0 Å². The fourth-order valence-corrected chi connectivity index (χ4v) is 9.80. The van der Waals surface area contributed by atoms with Gasteiger partial charge in [0.05, 0.1) is 13.2 Å². The number of esters is 2. The lowest BCUT2D eigenvalue weighted by Gasteiger charge is -2.37. The fourth-order valence-electron chi connectivity index (χ4n) is 9.39. The third-order valence-corrected chi connectivity index (χ3v) is 13.8. The Kier molecular flexibility index (Phi) is 13.8. The maximum absolute atomic E-state index is 14.8. The van der Waals surface area contributed by atoms with Gasteiger partial charge >= 0.3 is 11.9 Å². The Morgan fingerprint density at radius 2 is 1.19 bits per heavy atom. The van der Waals surface area contributed by atoms with E-state index in [0.29, 0.717) is 111 Å². The number of alkyl halides is 2. The Morgan fingerprint density at radius 1 is 0.688 bits per heavy atom. The van der Waals surface area contributed by atoms with Crippen molar-refractivity contribution in [2.24, 2.45) is 0 Å². The molecule has 0 N–H and O–H groups in total. The number of fused-ring (bicyclic) bond motifs is 2. The van der Waals surface area contributed by atoms with Crippen molar-refractivity contribution < 1.29 is 37.4 Å². The molecule has 0 bridgehead atoms. The van der Waals surface area contributed by atoms with E-state index in [-0.39, 0.29) is 68.8 Å². The summed E-state index contributed by atoms with van der Waals surface area (Å²) in [5.74, 6) is -1.54. The summed E-state index contributed by atoms with van der Waals surface area (Å²) in [6.45, 7) is 10.0. The van der Waals surface area contributed by atoms with E-state index in [1.54, 1.807) is 21.4 Å². The van der Waals surface area contributed by atoms with Crippen molar-refractivity contribution in [3.63, 3.8) is 0 Å². The monoisotopic (exact) mass is 922 g/mol. The van der Waals surface area contributed by atoms with E-state index < -0.39 is 24.3 Å². The number of aromatic nitrogens is 4. The highest BCUT2D eigenvalue weighted by molar-refractivity contribution is 6.32. The van der Waals surface area contributed by atoms with Gasteiger partial charge in [-0.2, -0.15) is 10.2 Å². The molecular formula is C46H54Cl2F2N8O6. The van der Waals surface area contributed by atoms with Crippen LogP contribution in [0.25, 0.3) is 0 Å². The molecule has 64 heavy (non-hydrogen) atoms. The summed E-state index contributed by atoms with van der Waals surface area (Å²) < 4.78 is 43.1. The van der Waals surface area contributed by atoms with Gasteiger partial charge in [0.25, 0.3) is 0 Å². The van der Waals surface area contributed by atoms with Gasteiger partial charge in [-0.3, -0.25) is 19.0 Å². The van der Waals surface area contributed by atoms with E-state index >= 15 is 0 Å². The van der Waals surface area contributed by atoms with Crippen LogP contribution in [0.15, 0.2) is 30.3 Å². The lowest BCUT2D eigenvalue weighted by Crippen LogP contribution is -2.50. The van der Waals surface area contributed by atoms with Crippen LogP contribution in [0.1, 0.15) is 79.9 Å². The predicted molar refractivity (Wildman–Crippen MR) is 238 cm³/mol. The summed E-state index contributed by atoms with van der Waals surface area (Å²) in [4.78, 5) is 61.3. The number of piperazine rings is 2. The number of nitrogens with zero attached hydrogens (tertiary/aromatic N) is 8. The molecule has 0 radical (unpaired) electrons. The topological polar surface area (TPSA) is 135 Å². The number of carbonyl (C=O) groups excluding carboxylic acids is 4. The molecule has 4 aliphatic rings. The summed E-state index contributed by atoms with van der Waals surface area (Å²) in [5.41, 5.74) is 7.24. The van der Waals surface area contributed by atoms with Crippen LogP contribution >= 0.6 is 23.2 Å². The predicted octanol–water partition coefficient (Wildman–Crippen LogP) is 5.93. The summed E-state index contributed by atoms with van der Waals surface area (Å²) >= 11 is 13.1. The van der Waals surface area contributed by atoms with Crippen LogP contribution in [-0.4, -0.2) is 131 Å². The molecule has 342 valence electrons. The SMILES string of the molecule is CCOC(=O)c1nn(CC(=O)N2CCN(c3cc(CCOC(=O)c4nn(CC(=O)N5CCN(c6cccc(Cl)c6C)CC5)c5c4CC(F)CC5)cc(Cl)c3C)CC2)c2c1CC(F)CC2. The Balaban J connectivity index is 0.863. The molecular weight excluding hydrogens is 869 g/mol. The zero-order valence-corrected chi connectivity index (χ0v) is 38.0. The van der Waals surface area contributed by atoms with Crippen molar-refractivity contribution >= 4 is 58.3 Å². The van der Waals surface area contributed by atoms with Crippen LogP contribution in [0.3, 0.4) is 0 Å². The first-order chi connectivity index (χ1) is 30.8. The molecule has 2 aromatic carbocycles. The highest BCUT2D eigenvalue weighted by Crippen LogP contribution is 2.32. The first-order valence-corrected chi connectivity index (χ1v) is 22.9. The van der Waals surface area contributed by atoms with Crippen LogP contribution in [0.2, 0.25) is 10.0 Å². The quantitative estimate of drug-likeness (QED) is 0.158. The van der Waals surface area contributed by atoms with E-state index in [1.807, 2.05) is 44.2 Å². The Labute approximate surface area is 381 Å². The van der Waals surface area contributed by atoms with Crippen LogP contribution in [0.4, 0.5) is 20.2 Å². The van der Waals surface area contributed by atoms with Gasteiger partial charge in [-0.15, -0.1) is 0 Å². The second kappa shape index (κ2) is 19.5. The minimum atomic E-state index is -1.12. The lowest BCUT2D eigenvalue weighted by atomic mass is 9.94. The molecule has 14 nitrogen and oxygen atoms in total. The van der Waals surface area contributed by atoms with E-state index in [1.165, 1.54) is 4.68 Å². The van der Waals surface area contributed by atoms with Crippen molar-refractivity contribution in [1.82, 2.24) is 29.4 Å². The minimum Gasteiger partial charge on any atom is -0.461 e. The second-order valence-electron chi connectivity index (χ2n) is 17.0. The maximum atomic E-state index is 14.8. The molecule has 2 aromatic heterocycles. The molecule has 2 amide bonds. The van der Waals surface area contributed by atoms with E-state index in [0.717, 1.165) is 28.1 Å². The van der Waals surface area contributed by atoms with Crippen LogP contribution in [-0.2, 0) is 64.3 Å². The Hall–Kier alpha value is -5.22. The molecule has 0 saturated carbocycles. The molecule has 4 aromatic rings. The summed E-state index contributed by atoms with van der Waals surface area (Å²) in [6, 6.07) is 9.69. The summed E-state index contributed by atoms with van der Waals surface area (Å²) in [7, 11) is 0. The number of anilines is 2. The van der Waals surface area contributed by atoms with Gasteiger partial charge in [0.15, 0.2) is 11.4 Å². The van der Waals surface area contributed by atoms with Crippen molar-refractivity contribution in [3.05, 3.63) is 91.0 Å². The second-order valence-corrected chi connectivity index (χ2v) is 17.8. The number of benzene rings is 2. The Morgan fingerprint density at radius 3 is 1.72 bits per heavy atom. The highest BCUT2D eigenvalue weighted by Gasteiger charge is 2.34. The lowest BCUT2D eigenvalue weighted by molar-refractivity contribution is -0.133. The first kappa shape index (κ1) is 45.4. The number of amides is 2. The molecule has 2 atom stereocenters. The van der Waals surface area contributed by atoms with Gasteiger partial charge in [-0.1, -0.05) is 29.3 Å². The molecule has 2 saturated heterocycles. The van der Waals surface area contributed by atoms with E-state index in [9.17, 15) is 28.0 Å². The zero-order chi connectivity index (χ0) is 45.2. The van der Waals surface area contributed by atoms with Crippen molar-refractivity contribution in [2.45, 2.75) is 91.1 Å². The highest BCUT2D eigenvalue weighted by atomic mass is 35.5. The van der Waals surface area contributed by atoms with Crippen molar-refractivity contribution in [1.29, 1.82) is 0 Å². The molecule has 2 fully saturated rings. The van der Waals surface area contributed by atoms with Gasteiger partial charge in [0.2, 0.25) is 11.8 Å². The molecule has 2 aliphatic heterocycles. The molecule has 18 heteroatoms. The number of ether oxygens (including phenoxy) is 2. The molecule has 2 unspecified atom stereocenters. The number of carbonyl (C=O) groups is 4. The number of hydrogen-bond donors (Lipinski definition) is 0. The van der Waals surface area contributed by atoms with Gasteiger partial charge in [0.1, 0.15) is 25.4 Å². The number of rotatable bonds is 12. The van der Waals surface area contributed by atoms with Gasteiger partial charge in [-0.25, -0.2) is 18.4 Å².